The van der Waals surface area contributed by atoms with Crippen molar-refractivity contribution in [2.45, 2.75) is 25.5 Å². The third-order valence-electron chi connectivity index (χ3n) is 5.63. The maximum Gasteiger partial charge on any atom is 0.287 e. The van der Waals surface area contributed by atoms with E-state index in [2.05, 4.69) is 16.3 Å². The number of benzene rings is 2. The third-order valence-corrected chi connectivity index (χ3v) is 5.63. The van der Waals surface area contributed by atoms with Crippen molar-refractivity contribution in [2.75, 3.05) is 26.7 Å². The fraction of sp³-hybridized carbons (Fsp3) is 0.320. The highest BCUT2D eigenvalue weighted by Gasteiger charge is 2.27. The van der Waals surface area contributed by atoms with E-state index in [4.69, 9.17) is 13.9 Å². The van der Waals surface area contributed by atoms with Crippen LogP contribution in [0.15, 0.2) is 71.3 Å². The van der Waals surface area contributed by atoms with E-state index in [1.165, 1.54) is 19.1 Å². The largest absolute Gasteiger partial charge is 0.496 e. The van der Waals surface area contributed by atoms with Crippen LogP contribution in [-0.2, 0) is 6.61 Å². The van der Waals surface area contributed by atoms with Gasteiger partial charge in [0.25, 0.3) is 5.91 Å². The molecule has 6 heteroatoms. The van der Waals surface area contributed by atoms with Crippen molar-refractivity contribution in [3.63, 3.8) is 0 Å². The highest BCUT2D eigenvalue weighted by Crippen LogP contribution is 2.31. The fourth-order valence-corrected chi connectivity index (χ4v) is 4.03. The first-order chi connectivity index (χ1) is 15.3. The van der Waals surface area contributed by atoms with E-state index < -0.39 is 0 Å². The van der Waals surface area contributed by atoms with Gasteiger partial charge in [-0.1, -0.05) is 36.4 Å². The molecule has 31 heavy (non-hydrogen) atoms. The second kappa shape index (κ2) is 10.2. The number of carbonyl (C=O) groups is 1. The zero-order valence-corrected chi connectivity index (χ0v) is 17.8. The number of hydrogen-bond acceptors (Lipinski definition) is 5. The van der Waals surface area contributed by atoms with Gasteiger partial charge in [0.15, 0.2) is 5.76 Å². The summed E-state index contributed by atoms with van der Waals surface area (Å²) in [5.41, 5.74) is 1.80. The van der Waals surface area contributed by atoms with E-state index >= 15 is 0 Å². The number of methoxy groups -OCH3 is 1. The van der Waals surface area contributed by atoms with E-state index in [0.717, 1.165) is 35.7 Å². The van der Waals surface area contributed by atoms with Crippen LogP contribution in [0.25, 0.3) is 0 Å². The van der Waals surface area contributed by atoms with Gasteiger partial charge < -0.3 is 19.2 Å². The molecule has 4 rings (SSSR count). The SMILES string of the molecule is COc1ccccc1C(CNC(=O)c1occc1COc1ccccc1)N1CCCC1. The van der Waals surface area contributed by atoms with Crippen molar-refractivity contribution in [3.8, 4) is 11.5 Å². The molecule has 3 aromatic rings. The molecule has 0 saturated carbocycles. The van der Waals surface area contributed by atoms with Crippen molar-refractivity contribution in [1.29, 1.82) is 0 Å². The molecule has 1 aliphatic heterocycles. The standard InChI is InChI=1S/C25H28N2O4/c1-29-23-12-6-5-11-21(23)22(27-14-7-8-15-27)17-26-25(28)24-19(13-16-30-24)18-31-20-9-3-2-4-10-20/h2-6,9-13,16,22H,7-8,14-15,17-18H2,1H3,(H,26,28). The number of nitrogens with one attached hydrogen (secondary N) is 1. The highest BCUT2D eigenvalue weighted by atomic mass is 16.5. The van der Waals surface area contributed by atoms with Crippen LogP contribution in [0.2, 0.25) is 0 Å². The summed E-state index contributed by atoms with van der Waals surface area (Å²) < 4.78 is 16.9. The number of carbonyl (C=O) groups excluding carboxylic acids is 1. The number of ether oxygens (including phenoxy) is 2. The molecule has 162 valence electrons. The Labute approximate surface area is 182 Å². The van der Waals surface area contributed by atoms with Gasteiger partial charge in [0, 0.05) is 17.7 Å². The Balaban J connectivity index is 1.44. The van der Waals surface area contributed by atoms with Gasteiger partial charge in [-0.05, 0) is 50.2 Å². The molecular formula is C25H28N2O4. The summed E-state index contributed by atoms with van der Waals surface area (Å²) in [7, 11) is 1.68. The van der Waals surface area contributed by atoms with Crippen molar-refractivity contribution in [3.05, 3.63) is 83.8 Å². The Morgan fingerprint density at radius 3 is 2.58 bits per heavy atom. The van der Waals surface area contributed by atoms with E-state index in [-0.39, 0.29) is 24.3 Å². The summed E-state index contributed by atoms with van der Waals surface area (Å²) in [6, 6.07) is 19.3. The van der Waals surface area contributed by atoms with Crippen LogP contribution in [0.3, 0.4) is 0 Å². The molecule has 6 nitrogen and oxygen atoms in total. The summed E-state index contributed by atoms with van der Waals surface area (Å²) in [5.74, 6) is 1.64. The van der Waals surface area contributed by atoms with Gasteiger partial charge >= 0.3 is 0 Å². The van der Waals surface area contributed by atoms with Crippen LogP contribution in [0.4, 0.5) is 0 Å². The zero-order valence-electron chi connectivity index (χ0n) is 17.8. The minimum absolute atomic E-state index is 0.0431. The molecule has 1 N–H and O–H groups in total. The zero-order chi connectivity index (χ0) is 21.5. The molecule has 0 bridgehead atoms. The van der Waals surface area contributed by atoms with E-state index in [0.29, 0.717) is 6.54 Å². The molecule has 1 atom stereocenters. The molecule has 0 spiro atoms. The average molecular weight is 421 g/mol. The Morgan fingerprint density at radius 2 is 1.81 bits per heavy atom. The van der Waals surface area contributed by atoms with Crippen LogP contribution in [0, 0.1) is 0 Å². The van der Waals surface area contributed by atoms with Crippen LogP contribution >= 0.6 is 0 Å². The molecular weight excluding hydrogens is 392 g/mol. The first-order valence-corrected chi connectivity index (χ1v) is 10.7. The third kappa shape index (κ3) is 5.09. The Hall–Kier alpha value is -3.25. The predicted octanol–water partition coefficient (Wildman–Crippen LogP) is 4.43. The Kier molecular flexibility index (Phi) is 6.89. The number of nitrogens with zero attached hydrogens (tertiary/aromatic N) is 1. The number of furan rings is 1. The first kappa shape index (κ1) is 21.0. The number of rotatable bonds is 9. The lowest BCUT2D eigenvalue weighted by atomic mass is 10.0. The number of hydrogen-bond donors (Lipinski definition) is 1. The topological polar surface area (TPSA) is 63.9 Å². The van der Waals surface area contributed by atoms with Gasteiger partial charge in [0.1, 0.15) is 18.1 Å². The summed E-state index contributed by atoms with van der Waals surface area (Å²) in [4.78, 5) is 15.3. The minimum atomic E-state index is -0.240. The quantitative estimate of drug-likeness (QED) is 0.555. The molecule has 1 saturated heterocycles. The predicted molar refractivity (Wildman–Crippen MR) is 118 cm³/mol. The van der Waals surface area contributed by atoms with E-state index in [9.17, 15) is 4.79 Å². The Morgan fingerprint density at radius 1 is 1.06 bits per heavy atom. The lowest BCUT2D eigenvalue weighted by molar-refractivity contribution is 0.0906. The average Bonchev–Trinajstić information content (AvgIpc) is 3.51. The van der Waals surface area contributed by atoms with Crippen molar-refractivity contribution < 1.29 is 18.7 Å². The van der Waals surface area contributed by atoms with Crippen molar-refractivity contribution in [2.24, 2.45) is 0 Å². The second-order valence-electron chi connectivity index (χ2n) is 7.59. The lowest BCUT2D eigenvalue weighted by Gasteiger charge is -2.29. The monoisotopic (exact) mass is 420 g/mol. The molecule has 0 aliphatic carbocycles. The maximum atomic E-state index is 12.9. The van der Waals surface area contributed by atoms with E-state index in [1.807, 2.05) is 48.5 Å². The summed E-state index contributed by atoms with van der Waals surface area (Å²) in [6.07, 6.45) is 3.86. The van der Waals surface area contributed by atoms with Crippen molar-refractivity contribution in [1.82, 2.24) is 10.2 Å². The normalized spacial score (nSPS) is 14.9. The number of likely N-dealkylation sites (tertiary alicyclic amines) is 1. The Bertz CT molecular complexity index is 980. The van der Waals surface area contributed by atoms with Gasteiger partial charge in [-0.3, -0.25) is 9.69 Å². The van der Waals surface area contributed by atoms with Gasteiger partial charge in [-0.2, -0.15) is 0 Å². The molecule has 1 aromatic heterocycles. The summed E-state index contributed by atoms with van der Waals surface area (Å²) in [5, 5.41) is 3.06. The van der Waals surface area contributed by atoms with Gasteiger partial charge in [0.05, 0.1) is 19.4 Å². The molecule has 1 amide bonds. The molecule has 0 radical (unpaired) electrons. The van der Waals surface area contributed by atoms with Gasteiger partial charge in [-0.15, -0.1) is 0 Å². The molecule has 1 fully saturated rings. The lowest BCUT2D eigenvalue weighted by Crippen LogP contribution is -2.37. The van der Waals surface area contributed by atoms with Gasteiger partial charge in [-0.25, -0.2) is 0 Å². The van der Waals surface area contributed by atoms with Crippen LogP contribution in [0.5, 0.6) is 11.5 Å². The van der Waals surface area contributed by atoms with Crippen LogP contribution in [-0.4, -0.2) is 37.6 Å². The maximum absolute atomic E-state index is 12.9. The highest BCUT2D eigenvalue weighted by molar-refractivity contribution is 5.92. The van der Waals surface area contributed by atoms with Crippen LogP contribution < -0.4 is 14.8 Å². The van der Waals surface area contributed by atoms with E-state index in [1.54, 1.807) is 13.2 Å². The second-order valence-corrected chi connectivity index (χ2v) is 7.59. The van der Waals surface area contributed by atoms with Crippen molar-refractivity contribution >= 4 is 5.91 Å². The fourth-order valence-electron chi connectivity index (χ4n) is 4.03. The minimum Gasteiger partial charge on any atom is -0.496 e. The number of para-hydroxylation sites is 2. The van der Waals surface area contributed by atoms with Gasteiger partial charge in [0.2, 0.25) is 0 Å². The summed E-state index contributed by atoms with van der Waals surface area (Å²) in [6.45, 7) is 2.76. The van der Waals surface area contributed by atoms with Crippen LogP contribution in [0.1, 0.15) is 40.6 Å². The molecule has 2 aromatic carbocycles. The first-order valence-electron chi connectivity index (χ1n) is 10.7. The number of amides is 1. The summed E-state index contributed by atoms with van der Waals surface area (Å²) >= 11 is 0. The smallest absolute Gasteiger partial charge is 0.287 e. The molecule has 1 unspecified atom stereocenters. The molecule has 1 aliphatic rings. The molecule has 2 heterocycles.